The molecule has 0 amide bonds. The summed E-state index contributed by atoms with van der Waals surface area (Å²) in [6.07, 6.45) is 9.16. The predicted molar refractivity (Wildman–Crippen MR) is 67.1 cm³/mol. The largest absolute Gasteiger partial charge is 0.378 e. The summed E-state index contributed by atoms with van der Waals surface area (Å²) in [6, 6.07) is 0. The third kappa shape index (κ3) is 3.93. The molecule has 0 heterocycles. The van der Waals surface area contributed by atoms with Crippen molar-refractivity contribution >= 4 is 10.0 Å². The third-order valence-corrected chi connectivity index (χ3v) is 5.11. The minimum Gasteiger partial charge on any atom is -0.378 e. The zero-order valence-corrected chi connectivity index (χ0v) is 11.2. The van der Waals surface area contributed by atoms with Crippen LogP contribution in [0.15, 0.2) is 0 Å². The van der Waals surface area contributed by atoms with Crippen LogP contribution < -0.4 is 5.14 Å². The Morgan fingerprint density at radius 2 is 1.76 bits per heavy atom. The molecule has 17 heavy (non-hydrogen) atoms. The molecule has 0 bridgehead atoms. The molecule has 0 radical (unpaired) electrons. The van der Waals surface area contributed by atoms with E-state index in [4.69, 9.17) is 9.88 Å². The quantitative estimate of drug-likeness (QED) is 0.820. The molecule has 2 aliphatic carbocycles. The van der Waals surface area contributed by atoms with Crippen LogP contribution in [0.3, 0.4) is 0 Å². The number of primary sulfonamides is 1. The average Bonchev–Trinajstić information content (AvgIpc) is 2.13. The number of nitrogens with two attached hydrogens (primary N) is 1. The lowest BCUT2D eigenvalue weighted by molar-refractivity contribution is -0.0488. The Bertz CT molecular complexity index is 343. The van der Waals surface area contributed by atoms with Crippen molar-refractivity contribution in [3.63, 3.8) is 0 Å². The molecule has 0 aromatic heterocycles. The topological polar surface area (TPSA) is 69.4 Å². The summed E-state index contributed by atoms with van der Waals surface area (Å²) < 4.78 is 28.6. The van der Waals surface area contributed by atoms with Gasteiger partial charge in [-0.15, -0.1) is 0 Å². The number of rotatable bonds is 5. The van der Waals surface area contributed by atoms with Crippen LogP contribution >= 0.6 is 0 Å². The Hall–Kier alpha value is -0.130. The fraction of sp³-hybridized carbons (Fsp3) is 1.00. The minimum absolute atomic E-state index is 0.0900. The van der Waals surface area contributed by atoms with Crippen molar-refractivity contribution in [3.05, 3.63) is 0 Å². The zero-order chi connectivity index (χ0) is 12.4. The highest BCUT2D eigenvalue weighted by atomic mass is 32.2. The van der Waals surface area contributed by atoms with Crippen molar-refractivity contribution in [3.8, 4) is 0 Å². The summed E-state index contributed by atoms with van der Waals surface area (Å²) in [5, 5.41) is 5.22. The maximum absolute atomic E-state index is 11.4. The van der Waals surface area contributed by atoms with Crippen LogP contribution in [-0.2, 0) is 14.8 Å². The van der Waals surface area contributed by atoms with Gasteiger partial charge in [-0.1, -0.05) is 19.3 Å². The van der Waals surface area contributed by atoms with Gasteiger partial charge in [0.05, 0.1) is 18.5 Å². The molecule has 0 spiro atoms. The summed E-state index contributed by atoms with van der Waals surface area (Å²) in [4.78, 5) is 0. The summed E-state index contributed by atoms with van der Waals surface area (Å²) in [5.41, 5.74) is -0.207. The highest BCUT2D eigenvalue weighted by Crippen LogP contribution is 2.38. The van der Waals surface area contributed by atoms with Gasteiger partial charge in [-0.25, -0.2) is 13.6 Å². The van der Waals surface area contributed by atoms with Gasteiger partial charge < -0.3 is 4.74 Å². The van der Waals surface area contributed by atoms with Crippen molar-refractivity contribution in [2.75, 3.05) is 12.4 Å². The van der Waals surface area contributed by atoms with Gasteiger partial charge in [0.25, 0.3) is 0 Å². The molecule has 0 saturated heterocycles. The number of ether oxygens (including phenoxy) is 1. The van der Waals surface area contributed by atoms with Gasteiger partial charge in [0, 0.05) is 5.41 Å². The first-order valence-corrected chi connectivity index (χ1v) is 8.33. The molecule has 5 heteroatoms. The fourth-order valence-electron chi connectivity index (χ4n) is 2.89. The van der Waals surface area contributed by atoms with Crippen LogP contribution in [-0.4, -0.2) is 26.9 Å². The number of sulfonamides is 1. The van der Waals surface area contributed by atoms with Gasteiger partial charge in [0.1, 0.15) is 0 Å². The van der Waals surface area contributed by atoms with E-state index >= 15 is 0 Å². The van der Waals surface area contributed by atoms with Gasteiger partial charge in [0.2, 0.25) is 10.0 Å². The Kier molecular flexibility index (Phi) is 4.10. The summed E-state index contributed by atoms with van der Waals surface area (Å²) in [6.45, 7) is 0.577. The van der Waals surface area contributed by atoms with Gasteiger partial charge in [-0.3, -0.25) is 0 Å². The van der Waals surface area contributed by atoms with E-state index in [-0.39, 0.29) is 11.2 Å². The van der Waals surface area contributed by atoms with E-state index < -0.39 is 10.0 Å². The zero-order valence-electron chi connectivity index (χ0n) is 10.4. The molecule has 100 valence electrons. The van der Waals surface area contributed by atoms with E-state index in [0.717, 1.165) is 38.5 Å². The van der Waals surface area contributed by atoms with Crippen molar-refractivity contribution in [1.29, 1.82) is 0 Å². The van der Waals surface area contributed by atoms with E-state index in [1.54, 1.807) is 0 Å². The highest BCUT2D eigenvalue weighted by molar-refractivity contribution is 7.89. The number of hydrogen-bond donors (Lipinski definition) is 1. The number of hydrogen-bond acceptors (Lipinski definition) is 3. The summed E-state index contributed by atoms with van der Waals surface area (Å²) in [5.74, 6) is 0.0900. The molecular weight excluding hydrogens is 238 g/mol. The minimum atomic E-state index is -3.40. The first kappa shape index (κ1) is 13.3. The van der Waals surface area contributed by atoms with Crippen LogP contribution in [0.2, 0.25) is 0 Å². The Balaban J connectivity index is 1.95. The highest BCUT2D eigenvalue weighted by Gasteiger charge is 2.37. The molecule has 0 atom stereocenters. The Morgan fingerprint density at radius 3 is 2.24 bits per heavy atom. The molecule has 2 aliphatic rings. The molecule has 2 rings (SSSR count). The Morgan fingerprint density at radius 1 is 1.12 bits per heavy atom. The van der Waals surface area contributed by atoms with E-state index in [1.165, 1.54) is 12.8 Å². The first-order chi connectivity index (χ1) is 7.99. The summed E-state index contributed by atoms with van der Waals surface area (Å²) in [7, 11) is -3.40. The molecule has 0 unspecified atom stereocenters. The standard InChI is InChI=1S/C12H23NO3S/c13-17(14,15)10-12(7-2-1-3-8-12)9-16-11-5-4-6-11/h11H,1-10H2,(H2,13,14,15). The second-order valence-corrected chi connectivity index (χ2v) is 7.35. The lowest BCUT2D eigenvalue weighted by Gasteiger charge is -2.38. The van der Waals surface area contributed by atoms with Crippen molar-refractivity contribution in [2.45, 2.75) is 57.5 Å². The van der Waals surface area contributed by atoms with Crippen LogP contribution in [0.25, 0.3) is 0 Å². The van der Waals surface area contributed by atoms with E-state index in [2.05, 4.69) is 0 Å². The van der Waals surface area contributed by atoms with Crippen molar-refractivity contribution in [1.82, 2.24) is 0 Å². The van der Waals surface area contributed by atoms with Crippen LogP contribution in [0, 0.1) is 5.41 Å². The second kappa shape index (κ2) is 5.24. The smallest absolute Gasteiger partial charge is 0.209 e. The maximum atomic E-state index is 11.4. The Labute approximate surface area is 104 Å². The monoisotopic (exact) mass is 261 g/mol. The van der Waals surface area contributed by atoms with E-state index in [1.807, 2.05) is 0 Å². The van der Waals surface area contributed by atoms with Gasteiger partial charge in [0.15, 0.2) is 0 Å². The fourth-order valence-corrected chi connectivity index (χ4v) is 4.12. The third-order valence-electron chi connectivity index (χ3n) is 4.10. The molecule has 2 fully saturated rings. The first-order valence-electron chi connectivity index (χ1n) is 6.61. The normalized spacial score (nSPS) is 25.5. The molecule has 0 aromatic carbocycles. The van der Waals surface area contributed by atoms with Crippen LogP contribution in [0.4, 0.5) is 0 Å². The lowest BCUT2D eigenvalue weighted by Crippen LogP contribution is -2.41. The molecular formula is C12H23NO3S. The van der Waals surface area contributed by atoms with Gasteiger partial charge >= 0.3 is 0 Å². The van der Waals surface area contributed by atoms with Crippen LogP contribution in [0.5, 0.6) is 0 Å². The lowest BCUT2D eigenvalue weighted by atomic mass is 9.76. The molecule has 2 saturated carbocycles. The second-order valence-electron chi connectivity index (χ2n) is 5.73. The van der Waals surface area contributed by atoms with E-state index in [9.17, 15) is 8.42 Å². The average molecular weight is 261 g/mol. The van der Waals surface area contributed by atoms with E-state index in [0.29, 0.717) is 12.7 Å². The summed E-state index contributed by atoms with van der Waals surface area (Å²) >= 11 is 0. The van der Waals surface area contributed by atoms with Crippen LogP contribution in [0.1, 0.15) is 51.4 Å². The van der Waals surface area contributed by atoms with Crippen molar-refractivity contribution < 1.29 is 13.2 Å². The molecule has 0 aliphatic heterocycles. The molecule has 2 N–H and O–H groups in total. The van der Waals surface area contributed by atoms with Crippen molar-refractivity contribution in [2.24, 2.45) is 10.6 Å². The maximum Gasteiger partial charge on any atom is 0.209 e. The van der Waals surface area contributed by atoms with Gasteiger partial charge in [-0.05, 0) is 32.1 Å². The molecule has 4 nitrogen and oxygen atoms in total. The molecule has 0 aromatic rings. The SMILES string of the molecule is NS(=O)(=O)CC1(COC2CCC2)CCCCC1. The predicted octanol–water partition coefficient (Wildman–Crippen LogP) is 1.79. The van der Waals surface area contributed by atoms with Gasteiger partial charge in [-0.2, -0.15) is 0 Å².